The van der Waals surface area contributed by atoms with Crippen LogP contribution in [-0.4, -0.2) is 26.1 Å². The van der Waals surface area contributed by atoms with Crippen LogP contribution in [0.25, 0.3) is 11.3 Å². The second kappa shape index (κ2) is 5.00. The number of carboxylic acids is 1. The van der Waals surface area contributed by atoms with E-state index in [0.717, 1.165) is 22.4 Å². The summed E-state index contributed by atoms with van der Waals surface area (Å²) in [7, 11) is 1.78. The SMILES string of the molecule is Cc1cc(CCC(=O)O)ccc1-c1cnn(C)n1. The Morgan fingerprint density at radius 2 is 2.22 bits per heavy atom. The van der Waals surface area contributed by atoms with Crippen LogP contribution in [0.4, 0.5) is 0 Å². The van der Waals surface area contributed by atoms with E-state index in [2.05, 4.69) is 10.2 Å². The minimum atomic E-state index is -0.773. The topological polar surface area (TPSA) is 68.0 Å². The molecule has 0 saturated heterocycles. The molecule has 0 bridgehead atoms. The molecule has 0 saturated carbocycles. The molecule has 0 aliphatic heterocycles. The normalized spacial score (nSPS) is 10.6. The molecule has 1 heterocycles. The maximum atomic E-state index is 10.5. The molecule has 2 aromatic rings. The van der Waals surface area contributed by atoms with Crippen LogP contribution in [0, 0.1) is 6.92 Å². The number of hydrogen-bond acceptors (Lipinski definition) is 3. The summed E-state index contributed by atoms with van der Waals surface area (Å²) in [5.74, 6) is -0.773. The number of nitrogens with zero attached hydrogens (tertiary/aromatic N) is 3. The average Bonchev–Trinajstić information content (AvgIpc) is 2.73. The quantitative estimate of drug-likeness (QED) is 0.892. The molecule has 94 valence electrons. The van der Waals surface area contributed by atoms with Crippen LogP contribution in [0.15, 0.2) is 24.4 Å². The third kappa shape index (κ3) is 2.74. The lowest BCUT2D eigenvalue weighted by molar-refractivity contribution is -0.136. The Hall–Kier alpha value is -2.17. The lowest BCUT2D eigenvalue weighted by Gasteiger charge is -2.05. The van der Waals surface area contributed by atoms with Crippen LogP contribution in [-0.2, 0) is 18.3 Å². The smallest absolute Gasteiger partial charge is 0.303 e. The molecule has 1 aromatic carbocycles. The van der Waals surface area contributed by atoms with Crippen LogP contribution in [0.1, 0.15) is 17.5 Å². The highest BCUT2D eigenvalue weighted by Crippen LogP contribution is 2.22. The highest BCUT2D eigenvalue weighted by molar-refractivity contribution is 5.67. The second-order valence-electron chi connectivity index (χ2n) is 4.26. The van der Waals surface area contributed by atoms with Gasteiger partial charge in [-0.3, -0.25) is 4.79 Å². The minimum absolute atomic E-state index is 0.157. The first kappa shape index (κ1) is 12.3. The molecule has 2 rings (SSSR count). The van der Waals surface area contributed by atoms with Crippen molar-refractivity contribution in [3.8, 4) is 11.3 Å². The first-order valence-corrected chi connectivity index (χ1v) is 5.74. The molecule has 0 spiro atoms. The highest BCUT2D eigenvalue weighted by atomic mass is 16.4. The Morgan fingerprint density at radius 1 is 1.44 bits per heavy atom. The highest BCUT2D eigenvalue weighted by Gasteiger charge is 2.07. The molecular formula is C13H15N3O2. The molecule has 5 heteroatoms. The third-order valence-electron chi connectivity index (χ3n) is 2.79. The summed E-state index contributed by atoms with van der Waals surface area (Å²) in [5, 5.41) is 17.0. The van der Waals surface area contributed by atoms with Gasteiger partial charge in [-0.15, -0.1) is 0 Å². The van der Waals surface area contributed by atoms with E-state index < -0.39 is 5.97 Å². The number of aromatic nitrogens is 3. The Morgan fingerprint density at radius 3 is 2.78 bits per heavy atom. The monoisotopic (exact) mass is 245 g/mol. The van der Waals surface area contributed by atoms with Gasteiger partial charge in [0.2, 0.25) is 0 Å². The Balaban J connectivity index is 2.22. The van der Waals surface area contributed by atoms with Gasteiger partial charge < -0.3 is 5.11 Å². The number of aliphatic carboxylic acids is 1. The molecule has 0 aliphatic rings. The van der Waals surface area contributed by atoms with Crippen molar-refractivity contribution in [1.29, 1.82) is 0 Å². The van der Waals surface area contributed by atoms with E-state index in [4.69, 9.17) is 5.11 Å². The van der Waals surface area contributed by atoms with Crippen LogP contribution in [0.5, 0.6) is 0 Å². The molecule has 0 unspecified atom stereocenters. The van der Waals surface area contributed by atoms with Crippen molar-refractivity contribution in [1.82, 2.24) is 15.0 Å². The summed E-state index contributed by atoms with van der Waals surface area (Å²) in [5.41, 5.74) is 3.97. The summed E-state index contributed by atoms with van der Waals surface area (Å²) in [6.07, 6.45) is 2.43. The van der Waals surface area contributed by atoms with Gasteiger partial charge in [-0.25, -0.2) is 0 Å². The van der Waals surface area contributed by atoms with E-state index in [9.17, 15) is 4.79 Å². The molecular weight excluding hydrogens is 230 g/mol. The number of hydrogen-bond donors (Lipinski definition) is 1. The van der Waals surface area contributed by atoms with Crippen molar-refractivity contribution >= 4 is 5.97 Å². The number of carbonyl (C=O) groups is 1. The van der Waals surface area contributed by atoms with Crippen LogP contribution >= 0.6 is 0 Å². The zero-order valence-electron chi connectivity index (χ0n) is 10.4. The average molecular weight is 245 g/mol. The van der Waals surface area contributed by atoms with Gasteiger partial charge in [0.1, 0.15) is 5.69 Å². The number of rotatable bonds is 4. The van der Waals surface area contributed by atoms with E-state index in [1.54, 1.807) is 13.2 Å². The van der Waals surface area contributed by atoms with E-state index >= 15 is 0 Å². The largest absolute Gasteiger partial charge is 0.481 e. The number of benzene rings is 1. The van der Waals surface area contributed by atoms with E-state index in [1.807, 2.05) is 25.1 Å². The van der Waals surface area contributed by atoms with Gasteiger partial charge in [-0.05, 0) is 24.5 Å². The fourth-order valence-corrected chi connectivity index (χ4v) is 1.89. The molecule has 0 fully saturated rings. The van der Waals surface area contributed by atoms with Gasteiger partial charge in [0, 0.05) is 19.0 Å². The molecule has 1 aromatic heterocycles. The van der Waals surface area contributed by atoms with Crippen molar-refractivity contribution in [2.75, 3.05) is 0 Å². The fraction of sp³-hybridized carbons (Fsp3) is 0.308. The van der Waals surface area contributed by atoms with Crippen LogP contribution < -0.4 is 0 Å². The zero-order valence-corrected chi connectivity index (χ0v) is 10.4. The maximum absolute atomic E-state index is 10.5. The Bertz CT molecular complexity index is 575. The lowest BCUT2D eigenvalue weighted by atomic mass is 10.0. The zero-order chi connectivity index (χ0) is 13.1. The Labute approximate surface area is 105 Å². The summed E-state index contributed by atoms with van der Waals surface area (Å²) in [6, 6.07) is 5.92. The molecule has 0 atom stereocenters. The van der Waals surface area contributed by atoms with E-state index in [-0.39, 0.29) is 6.42 Å². The number of carboxylic acid groups (broad SMARTS) is 1. The summed E-state index contributed by atoms with van der Waals surface area (Å²) in [4.78, 5) is 12.0. The Kier molecular flexibility index (Phi) is 3.41. The maximum Gasteiger partial charge on any atom is 0.303 e. The van der Waals surface area contributed by atoms with Crippen LogP contribution in [0.3, 0.4) is 0 Å². The molecule has 0 radical (unpaired) electrons. The predicted octanol–water partition coefficient (Wildman–Crippen LogP) is 1.81. The van der Waals surface area contributed by atoms with Gasteiger partial charge in [-0.1, -0.05) is 18.2 Å². The molecule has 0 amide bonds. The first-order valence-electron chi connectivity index (χ1n) is 5.74. The van der Waals surface area contributed by atoms with E-state index in [0.29, 0.717) is 6.42 Å². The van der Waals surface area contributed by atoms with E-state index in [1.165, 1.54) is 4.80 Å². The van der Waals surface area contributed by atoms with Gasteiger partial charge >= 0.3 is 5.97 Å². The molecule has 0 aliphatic carbocycles. The standard InChI is InChI=1S/C13H15N3O2/c1-9-7-10(4-6-13(17)18)3-5-11(9)12-8-14-16(2)15-12/h3,5,7-8H,4,6H2,1-2H3,(H,17,18). The third-order valence-corrected chi connectivity index (χ3v) is 2.79. The molecule has 1 N–H and O–H groups in total. The molecule has 5 nitrogen and oxygen atoms in total. The van der Waals surface area contributed by atoms with Crippen LogP contribution in [0.2, 0.25) is 0 Å². The summed E-state index contributed by atoms with van der Waals surface area (Å²) >= 11 is 0. The summed E-state index contributed by atoms with van der Waals surface area (Å²) < 4.78 is 0. The lowest BCUT2D eigenvalue weighted by Crippen LogP contribution is -1.98. The van der Waals surface area contributed by atoms with Crippen molar-refractivity contribution in [2.24, 2.45) is 7.05 Å². The van der Waals surface area contributed by atoms with Gasteiger partial charge in [0.15, 0.2) is 0 Å². The summed E-state index contributed by atoms with van der Waals surface area (Å²) in [6.45, 7) is 1.99. The van der Waals surface area contributed by atoms with Crippen molar-refractivity contribution in [2.45, 2.75) is 19.8 Å². The van der Waals surface area contributed by atoms with Gasteiger partial charge in [0.25, 0.3) is 0 Å². The predicted molar refractivity (Wildman–Crippen MR) is 67.1 cm³/mol. The van der Waals surface area contributed by atoms with Crippen molar-refractivity contribution in [3.63, 3.8) is 0 Å². The molecule has 18 heavy (non-hydrogen) atoms. The number of aryl methyl sites for hydroxylation is 3. The van der Waals surface area contributed by atoms with Gasteiger partial charge in [0.05, 0.1) is 6.20 Å². The van der Waals surface area contributed by atoms with Crippen molar-refractivity contribution < 1.29 is 9.90 Å². The minimum Gasteiger partial charge on any atom is -0.481 e. The fourth-order valence-electron chi connectivity index (χ4n) is 1.89. The van der Waals surface area contributed by atoms with Crippen molar-refractivity contribution in [3.05, 3.63) is 35.5 Å². The first-order chi connectivity index (χ1) is 8.56. The van der Waals surface area contributed by atoms with Gasteiger partial charge in [-0.2, -0.15) is 15.0 Å². The second-order valence-corrected chi connectivity index (χ2v) is 4.26.